The van der Waals surface area contributed by atoms with Gasteiger partial charge in [0.15, 0.2) is 0 Å². The van der Waals surface area contributed by atoms with Gasteiger partial charge in [0.05, 0.1) is 19.9 Å². The average molecular weight is 326 g/mol. The molecule has 0 aliphatic heterocycles. The van der Waals surface area contributed by atoms with Gasteiger partial charge in [-0.05, 0) is 24.1 Å². The molecule has 0 aromatic heterocycles. The normalized spacial score (nSPS) is 11.2. The lowest BCUT2D eigenvalue weighted by atomic mass is 10.1. The van der Waals surface area contributed by atoms with Gasteiger partial charge in [-0.25, -0.2) is 8.42 Å². The van der Waals surface area contributed by atoms with Crippen LogP contribution < -0.4 is 10.1 Å². The lowest BCUT2D eigenvalue weighted by Crippen LogP contribution is -2.41. The molecule has 1 amide bonds. The molecule has 0 saturated carbocycles. The predicted molar refractivity (Wildman–Crippen MR) is 86.3 cm³/mol. The molecule has 1 aromatic rings. The van der Waals surface area contributed by atoms with Crippen molar-refractivity contribution in [2.24, 2.45) is 0 Å². The molecular formula is C15H22N2O4S. The standard InChI is InChI=1S/C15H22N2O4S/c1-4-10-16-15(18)12-17(22(3,19)20)11-9-13-5-7-14(21-2)8-6-13/h4-8H,1,9-12H2,2-3H3,(H,16,18). The van der Waals surface area contributed by atoms with Crippen LogP contribution in [0.4, 0.5) is 0 Å². The van der Waals surface area contributed by atoms with Gasteiger partial charge in [0.25, 0.3) is 0 Å². The van der Waals surface area contributed by atoms with Gasteiger partial charge in [-0.3, -0.25) is 4.79 Å². The zero-order chi connectivity index (χ0) is 16.6. The zero-order valence-corrected chi connectivity index (χ0v) is 13.7. The lowest BCUT2D eigenvalue weighted by molar-refractivity contribution is -0.121. The van der Waals surface area contributed by atoms with Crippen molar-refractivity contribution in [2.45, 2.75) is 6.42 Å². The maximum atomic E-state index is 11.8. The van der Waals surface area contributed by atoms with Gasteiger partial charge in [-0.15, -0.1) is 6.58 Å². The Hall–Kier alpha value is -1.86. The number of nitrogens with one attached hydrogen (secondary N) is 1. The zero-order valence-electron chi connectivity index (χ0n) is 12.9. The van der Waals surface area contributed by atoms with E-state index in [4.69, 9.17) is 4.74 Å². The Labute approximate surface area is 131 Å². The van der Waals surface area contributed by atoms with Crippen LogP contribution in [0.3, 0.4) is 0 Å². The summed E-state index contributed by atoms with van der Waals surface area (Å²) < 4.78 is 29.8. The Bertz CT molecular complexity index is 596. The highest BCUT2D eigenvalue weighted by atomic mass is 32.2. The first-order valence-corrected chi connectivity index (χ1v) is 8.67. The second-order valence-electron chi connectivity index (χ2n) is 4.79. The molecule has 0 aliphatic carbocycles. The monoisotopic (exact) mass is 326 g/mol. The van der Waals surface area contributed by atoms with E-state index in [0.717, 1.165) is 21.9 Å². The van der Waals surface area contributed by atoms with Crippen LogP contribution >= 0.6 is 0 Å². The van der Waals surface area contributed by atoms with Crippen LogP contribution in [0, 0.1) is 0 Å². The number of nitrogens with zero attached hydrogens (tertiary/aromatic N) is 1. The maximum absolute atomic E-state index is 11.8. The number of methoxy groups -OCH3 is 1. The van der Waals surface area contributed by atoms with E-state index in [0.29, 0.717) is 13.0 Å². The SMILES string of the molecule is C=CCNC(=O)CN(CCc1ccc(OC)cc1)S(C)(=O)=O. The van der Waals surface area contributed by atoms with Gasteiger partial charge in [0, 0.05) is 13.1 Å². The van der Waals surface area contributed by atoms with Crippen molar-refractivity contribution in [1.29, 1.82) is 0 Å². The van der Waals surface area contributed by atoms with Crippen LogP contribution in [-0.2, 0) is 21.2 Å². The first kappa shape index (κ1) is 18.2. The van der Waals surface area contributed by atoms with Crippen LogP contribution in [0.5, 0.6) is 5.75 Å². The minimum absolute atomic E-state index is 0.192. The lowest BCUT2D eigenvalue weighted by Gasteiger charge is -2.19. The molecule has 0 radical (unpaired) electrons. The highest BCUT2D eigenvalue weighted by Crippen LogP contribution is 2.12. The molecular weight excluding hydrogens is 304 g/mol. The highest BCUT2D eigenvalue weighted by Gasteiger charge is 2.19. The fourth-order valence-electron chi connectivity index (χ4n) is 1.81. The molecule has 0 spiro atoms. The molecule has 1 aromatic carbocycles. The summed E-state index contributed by atoms with van der Waals surface area (Å²) >= 11 is 0. The fourth-order valence-corrected chi connectivity index (χ4v) is 2.58. The van der Waals surface area contributed by atoms with Crippen LogP contribution in [-0.4, -0.2) is 51.6 Å². The van der Waals surface area contributed by atoms with Gasteiger partial charge in [0.1, 0.15) is 5.75 Å². The largest absolute Gasteiger partial charge is 0.497 e. The molecule has 0 heterocycles. The molecule has 0 atom stereocenters. The molecule has 0 unspecified atom stereocenters. The Morgan fingerprint density at radius 3 is 2.50 bits per heavy atom. The van der Waals surface area contributed by atoms with E-state index in [-0.39, 0.29) is 19.0 Å². The summed E-state index contributed by atoms with van der Waals surface area (Å²) in [6.07, 6.45) is 3.16. The summed E-state index contributed by atoms with van der Waals surface area (Å²) in [5, 5.41) is 2.57. The number of hydrogen-bond acceptors (Lipinski definition) is 4. The second-order valence-corrected chi connectivity index (χ2v) is 6.77. The number of carbonyl (C=O) groups is 1. The molecule has 1 N–H and O–H groups in total. The summed E-state index contributed by atoms with van der Waals surface area (Å²) in [4.78, 5) is 11.7. The van der Waals surface area contributed by atoms with Crippen LogP contribution in [0.25, 0.3) is 0 Å². The summed E-state index contributed by atoms with van der Waals surface area (Å²) in [5.74, 6) is 0.396. The van der Waals surface area contributed by atoms with Crippen molar-refractivity contribution in [3.8, 4) is 5.75 Å². The van der Waals surface area contributed by atoms with E-state index in [1.807, 2.05) is 24.3 Å². The van der Waals surface area contributed by atoms with E-state index in [9.17, 15) is 13.2 Å². The van der Waals surface area contributed by atoms with Gasteiger partial charge in [-0.1, -0.05) is 18.2 Å². The molecule has 6 nitrogen and oxygen atoms in total. The van der Waals surface area contributed by atoms with Crippen LogP contribution in [0.15, 0.2) is 36.9 Å². The minimum Gasteiger partial charge on any atom is -0.497 e. The molecule has 0 saturated heterocycles. The average Bonchev–Trinajstić information content (AvgIpc) is 2.48. The highest BCUT2D eigenvalue weighted by molar-refractivity contribution is 7.88. The predicted octanol–water partition coefficient (Wildman–Crippen LogP) is 0.801. The Kier molecular flexibility index (Phi) is 7.07. The van der Waals surface area contributed by atoms with Crippen LogP contribution in [0.1, 0.15) is 5.56 Å². The van der Waals surface area contributed by atoms with E-state index in [2.05, 4.69) is 11.9 Å². The smallest absolute Gasteiger partial charge is 0.235 e. The van der Waals surface area contributed by atoms with E-state index >= 15 is 0 Å². The number of rotatable bonds is 9. The Balaban J connectivity index is 2.65. The molecule has 122 valence electrons. The van der Waals surface area contributed by atoms with E-state index in [1.54, 1.807) is 13.2 Å². The quantitative estimate of drug-likeness (QED) is 0.681. The van der Waals surface area contributed by atoms with Crippen molar-refractivity contribution in [2.75, 3.05) is 33.0 Å². The fraction of sp³-hybridized carbons (Fsp3) is 0.400. The van der Waals surface area contributed by atoms with Crippen molar-refractivity contribution in [3.05, 3.63) is 42.5 Å². The van der Waals surface area contributed by atoms with Crippen molar-refractivity contribution in [3.63, 3.8) is 0 Å². The topological polar surface area (TPSA) is 75.7 Å². The summed E-state index contributed by atoms with van der Waals surface area (Å²) in [6, 6.07) is 7.38. The first-order chi connectivity index (χ1) is 10.4. The Morgan fingerprint density at radius 2 is 2.00 bits per heavy atom. The van der Waals surface area contributed by atoms with Gasteiger partial charge in [0.2, 0.25) is 15.9 Å². The van der Waals surface area contributed by atoms with Crippen molar-refractivity contribution in [1.82, 2.24) is 9.62 Å². The van der Waals surface area contributed by atoms with Crippen molar-refractivity contribution < 1.29 is 17.9 Å². The molecule has 0 bridgehead atoms. The molecule has 7 heteroatoms. The van der Waals surface area contributed by atoms with Gasteiger partial charge >= 0.3 is 0 Å². The number of ether oxygens (including phenoxy) is 1. The third-order valence-corrected chi connectivity index (χ3v) is 4.29. The van der Waals surface area contributed by atoms with Crippen LogP contribution in [0.2, 0.25) is 0 Å². The maximum Gasteiger partial charge on any atom is 0.235 e. The van der Waals surface area contributed by atoms with Gasteiger partial charge < -0.3 is 10.1 Å². The molecule has 0 aliphatic rings. The summed E-state index contributed by atoms with van der Waals surface area (Å²) in [5.41, 5.74) is 0.973. The number of benzene rings is 1. The Morgan fingerprint density at radius 1 is 1.36 bits per heavy atom. The van der Waals surface area contributed by atoms with E-state index in [1.165, 1.54) is 0 Å². The molecule has 1 rings (SSSR count). The number of hydrogen-bond donors (Lipinski definition) is 1. The number of carbonyl (C=O) groups excluding carboxylic acids is 1. The number of sulfonamides is 1. The molecule has 0 fully saturated rings. The number of amides is 1. The van der Waals surface area contributed by atoms with Crippen molar-refractivity contribution >= 4 is 15.9 Å². The first-order valence-electron chi connectivity index (χ1n) is 6.82. The third-order valence-electron chi connectivity index (χ3n) is 3.04. The van der Waals surface area contributed by atoms with Gasteiger partial charge in [-0.2, -0.15) is 4.31 Å². The molecule has 22 heavy (non-hydrogen) atoms. The summed E-state index contributed by atoms with van der Waals surface area (Å²) in [7, 11) is -1.86. The van der Waals surface area contributed by atoms with E-state index < -0.39 is 10.0 Å². The minimum atomic E-state index is -3.45. The second kappa shape index (κ2) is 8.55. The summed E-state index contributed by atoms with van der Waals surface area (Å²) in [6.45, 7) is 3.86. The third kappa shape index (κ3) is 6.28.